The molecule has 1 fully saturated rings. The fraction of sp³-hybridized carbons (Fsp3) is 0.379. The van der Waals surface area contributed by atoms with Gasteiger partial charge in [0.2, 0.25) is 5.91 Å². The number of hydrogen-bond acceptors (Lipinski definition) is 8. The molecule has 1 amide bonds. The number of H-pyrrole nitrogens is 1. The van der Waals surface area contributed by atoms with Crippen LogP contribution in [0, 0.1) is 18.8 Å². The number of anilines is 3. The summed E-state index contributed by atoms with van der Waals surface area (Å²) in [5.74, 6) is 8.13. The normalized spacial score (nSPS) is 17.2. The molecule has 11 nitrogen and oxygen atoms in total. The van der Waals surface area contributed by atoms with E-state index >= 15 is 0 Å². The van der Waals surface area contributed by atoms with Gasteiger partial charge in [-0.25, -0.2) is 9.50 Å². The summed E-state index contributed by atoms with van der Waals surface area (Å²) in [5, 5.41) is 28.3. The fourth-order valence-corrected chi connectivity index (χ4v) is 5.04. The lowest BCUT2D eigenvalue weighted by molar-refractivity contribution is -0.117. The predicted molar refractivity (Wildman–Crippen MR) is 154 cm³/mol. The zero-order valence-electron chi connectivity index (χ0n) is 23.1. The van der Waals surface area contributed by atoms with Crippen LogP contribution in [0.2, 0.25) is 0 Å². The second-order valence-corrected chi connectivity index (χ2v) is 9.93. The van der Waals surface area contributed by atoms with Crippen LogP contribution < -0.4 is 10.6 Å². The summed E-state index contributed by atoms with van der Waals surface area (Å²) >= 11 is 0. The number of likely N-dealkylation sites (tertiary alicyclic amines) is 1. The smallest absolute Gasteiger partial charge is 0.238 e. The molecule has 0 saturated carbocycles. The predicted octanol–water partition coefficient (Wildman–Crippen LogP) is 2.42. The minimum atomic E-state index is -0.440. The van der Waals surface area contributed by atoms with Gasteiger partial charge in [0.25, 0.3) is 0 Å². The van der Waals surface area contributed by atoms with Gasteiger partial charge in [0, 0.05) is 48.3 Å². The Kier molecular flexibility index (Phi) is 8.40. The molecule has 1 aromatic carbocycles. The molecule has 1 aliphatic heterocycles. The number of nitrogens with one attached hydrogen (secondary N) is 3. The Hall–Kier alpha value is -4.24. The Balaban J connectivity index is 1.16. The highest BCUT2D eigenvalue weighted by Gasteiger charge is 2.35. The molecule has 1 saturated heterocycles. The Morgan fingerprint density at radius 2 is 2.00 bits per heavy atom. The number of likely N-dealkylation sites (N-methyl/N-ethyl adjacent to an activating group) is 1. The third-order valence-electron chi connectivity index (χ3n) is 7.02. The van der Waals surface area contributed by atoms with Crippen molar-refractivity contribution >= 4 is 28.7 Å². The van der Waals surface area contributed by atoms with Gasteiger partial charge in [-0.2, -0.15) is 10.2 Å². The first kappa shape index (κ1) is 27.3. The van der Waals surface area contributed by atoms with Crippen molar-refractivity contribution in [1.29, 1.82) is 0 Å². The van der Waals surface area contributed by atoms with Crippen LogP contribution in [0.1, 0.15) is 30.9 Å². The van der Waals surface area contributed by atoms with Crippen molar-refractivity contribution in [3.05, 3.63) is 65.7 Å². The van der Waals surface area contributed by atoms with Gasteiger partial charge in [-0.15, -0.1) is 0 Å². The van der Waals surface area contributed by atoms with Crippen LogP contribution in [0.4, 0.5) is 17.3 Å². The summed E-state index contributed by atoms with van der Waals surface area (Å²) in [4.78, 5) is 21.5. The number of rotatable bonds is 9. The maximum absolute atomic E-state index is 12.6. The van der Waals surface area contributed by atoms with Crippen molar-refractivity contribution in [2.75, 3.05) is 43.4 Å². The molecule has 0 aliphatic carbocycles. The Bertz CT molecular complexity index is 1510. The van der Waals surface area contributed by atoms with E-state index < -0.39 is 6.10 Å². The topological polar surface area (TPSA) is 127 Å². The highest BCUT2D eigenvalue weighted by atomic mass is 16.3. The number of aromatic nitrogens is 5. The molecular weight excluding hydrogens is 506 g/mol. The maximum Gasteiger partial charge on any atom is 0.238 e. The quantitative estimate of drug-likeness (QED) is 0.238. The number of carbonyl (C=O) groups is 1. The van der Waals surface area contributed by atoms with E-state index in [0.29, 0.717) is 42.7 Å². The summed E-state index contributed by atoms with van der Waals surface area (Å²) in [6.07, 6.45) is 1.80. The Morgan fingerprint density at radius 1 is 1.20 bits per heavy atom. The minimum absolute atomic E-state index is 0.0690. The second kappa shape index (κ2) is 12.3. The van der Waals surface area contributed by atoms with E-state index in [1.165, 1.54) is 0 Å². The molecule has 0 spiro atoms. The van der Waals surface area contributed by atoms with Crippen LogP contribution in [-0.4, -0.2) is 90.5 Å². The van der Waals surface area contributed by atoms with Crippen molar-refractivity contribution in [3.8, 4) is 11.8 Å². The van der Waals surface area contributed by atoms with Gasteiger partial charge in [-0.1, -0.05) is 25.7 Å². The molecule has 3 aromatic heterocycles. The second-order valence-electron chi connectivity index (χ2n) is 9.93. The summed E-state index contributed by atoms with van der Waals surface area (Å²) in [6, 6.07) is 13.3. The summed E-state index contributed by atoms with van der Waals surface area (Å²) < 4.78 is 1.77. The first-order chi connectivity index (χ1) is 19.4. The standard InChI is InChI=1S/C29H35N9O2/c1-4-37(5-2)24-17-36(18-25(24)39)19-28(40)30-22-13-11-21(12-14-22)8-6-10-26-31-29(23-9-7-15-38(23)35-26)32-27-16-20(3)33-34-27/h7,9,11-16,24-25,39H,4-5,10,17-19H2,1-3H3,(H,30,40)(H2,31,32,33,34,35). The molecule has 4 aromatic rings. The number of amides is 1. The third-order valence-corrected chi connectivity index (χ3v) is 7.02. The van der Waals surface area contributed by atoms with Crippen LogP contribution in [0.5, 0.6) is 0 Å². The van der Waals surface area contributed by atoms with Gasteiger partial charge in [0.1, 0.15) is 5.52 Å². The molecule has 2 atom stereocenters. The molecular formula is C29H35N9O2. The number of benzene rings is 1. The van der Waals surface area contributed by atoms with Crippen molar-refractivity contribution < 1.29 is 9.90 Å². The van der Waals surface area contributed by atoms with Gasteiger partial charge < -0.3 is 15.7 Å². The molecule has 1 aliphatic rings. The van der Waals surface area contributed by atoms with Gasteiger partial charge in [0.15, 0.2) is 17.5 Å². The molecule has 0 bridgehead atoms. The fourth-order valence-electron chi connectivity index (χ4n) is 5.04. The number of carbonyl (C=O) groups excluding carboxylic acids is 1. The van der Waals surface area contributed by atoms with E-state index in [1.54, 1.807) is 4.52 Å². The zero-order chi connectivity index (χ0) is 28.1. The number of hydrogen-bond donors (Lipinski definition) is 4. The summed E-state index contributed by atoms with van der Waals surface area (Å²) in [6.45, 7) is 9.33. The first-order valence-corrected chi connectivity index (χ1v) is 13.6. The Labute approximate surface area is 233 Å². The van der Waals surface area contributed by atoms with Gasteiger partial charge in [-0.05, 0) is 56.4 Å². The number of aromatic amines is 1. The van der Waals surface area contributed by atoms with Gasteiger partial charge in [0.05, 0.1) is 19.1 Å². The first-order valence-electron chi connectivity index (χ1n) is 13.6. The van der Waals surface area contributed by atoms with Crippen LogP contribution >= 0.6 is 0 Å². The molecule has 40 heavy (non-hydrogen) atoms. The van der Waals surface area contributed by atoms with E-state index in [1.807, 2.05) is 60.5 Å². The van der Waals surface area contributed by atoms with Crippen LogP contribution in [0.15, 0.2) is 48.7 Å². The SMILES string of the molecule is CCN(CC)C1CN(CC(=O)Nc2ccc(C#CCc3nc(Nc4cc(C)[nH]n4)c4cccn4n3)cc2)CC1O. The van der Waals surface area contributed by atoms with Crippen molar-refractivity contribution in [2.24, 2.45) is 0 Å². The summed E-state index contributed by atoms with van der Waals surface area (Å²) in [7, 11) is 0. The largest absolute Gasteiger partial charge is 0.390 e. The Morgan fingerprint density at radius 3 is 2.73 bits per heavy atom. The van der Waals surface area contributed by atoms with Crippen molar-refractivity contribution in [3.63, 3.8) is 0 Å². The van der Waals surface area contributed by atoms with E-state index in [2.05, 4.69) is 61.5 Å². The lowest BCUT2D eigenvalue weighted by Gasteiger charge is -2.28. The molecule has 0 radical (unpaired) electrons. The number of fused-ring (bicyclic) bond motifs is 1. The van der Waals surface area contributed by atoms with E-state index in [0.717, 1.165) is 29.9 Å². The molecule has 11 heteroatoms. The van der Waals surface area contributed by atoms with Crippen molar-refractivity contribution in [2.45, 2.75) is 39.3 Å². The maximum atomic E-state index is 12.6. The number of aryl methyl sites for hydroxylation is 1. The zero-order valence-corrected chi connectivity index (χ0v) is 23.1. The lowest BCUT2D eigenvalue weighted by Crippen LogP contribution is -2.43. The minimum Gasteiger partial charge on any atom is -0.390 e. The highest BCUT2D eigenvalue weighted by molar-refractivity contribution is 5.92. The number of β-amino-alcohol motifs (C(OH)–C–C–N with tert-alkyl or cyclic N) is 1. The average Bonchev–Trinajstić information content (AvgIpc) is 3.66. The molecule has 208 valence electrons. The molecule has 4 heterocycles. The highest BCUT2D eigenvalue weighted by Crippen LogP contribution is 2.20. The van der Waals surface area contributed by atoms with Crippen LogP contribution in [0.3, 0.4) is 0 Å². The van der Waals surface area contributed by atoms with E-state index in [4.69, 9.17) is 0 Å². The number of aliphatic hydroxyl groups excluding tert-OH is 1. The van der Waals surface area contributed by atoms with Crippen LogP contribution in [-0.2, 0) is 11.2 Å². The number of aliphatic hydroxyl groups is 1. The van der Waals surface area contributed by atoms with Gasteiger partial charge in [-0.3, -0.25) is 19.7 Å². The van der Waals surface area contributed by atoms with Crippen molar-refractivity contribution in [1.82, 2.24) is 34.6 Å². The average molecular weight is 542 g/mol. The number of nitrogens with zero attached hydrogens (tertiary/aromatic N) is 6. The van der Waals surface area contributed by atoms with Gasteiger partial charge >= 0.3 is 0 Å². The lowest BCUT2D eigenvalue weighted by atomic mass is 10.2. The van der Waals surface area contributed by atoms with Crippen LogP contribution in [0.25, 0.3) is 5.52 Å². The summed E-state index contributed by atoms with van der Waals surface area (Å²) in [5.41, 5.74) is 3.34. The van der Waals surface area contributed by atoms with E-state index in [9.17, 15) is 9.90 Å². The molecule has 5 rings (SSSR count). The van der Waals surface area contributed by atoms with E-state index in [-0.39, 0.29) is 18.5 Å². The monoisotopic (exact) mass is 541 g/mol. The third kappa shape index (κ3) is 6.48. The molecule has 2 unspecified atom stereocenters. The molecule has 4 N–H and O–H groups in total.